The fraction of sp³-hybridized carbons (Fsp3) is 0.292. The van der Waals surface area contributed by atoms with E-state index in [1.54, 1.807) is 0 Å². The zero-order valence-electron chi connectivity index (χ0n) is 16.7. The maximum Gasteiger partial charge on any atom is 0.132 e. The van der Waals surface area contributed by atoms with Gasteiger partial charge in [-0.1, -0.05) is 29.8 Å². The van der Waals surface area contributed by atoms with Crippen LogP contribution in [0.5, 0.6) is 5.75 Å². The summed E-state index contributed by atoms with van der Waals surface area (Å²) < 4.78 is 11.8. The molecule has 3 heterocycles. The van der Waals surface area contributed by atoms with Crippen molar-refractivity contribution in [3.8, 4) is 16.9 Å². The summed E-state index contributed by atoms with van der Waals surface area (Å²) in [5.41, 5.74) is 4.54. The Balaban J connectivity index is 1.44. The molecule has 1 aromatic heterocycles. The van der Waals surface area contributed by atoms with Gasteiger partial charge in [-0.15, -0.1) is 0 Å². The number of morpholine rings is 1. The van der Waals surface area contributed by atoms with E-state index in [4.69, 9.17) is 26.1 Å². The zero-order chi connectivity index (χ0) is 20.3. The first-order valence-electron chi connectivity index (χ1n) is 10.4. The highest BCUT2D eigenvalue weighted by Crippen LogP contribution is 2.36. The number of rotatable bonds is 4. The molecular weight excluding hydrogens is 398 g/mol. The summed E-state index contributed by atoms with van der Waals surface area (Å²) in [7, 11) is 0. The van der Waals surface area contributed by atoms with Crippen molar-refractivity contribution in [2.24, 2.45) is 0 Å². The van der Waals surface area contributed by atoms with Crippen molar-refractivity contribution in [2.45, 2.75) is 12.5 Å². The number of aromatic nitrogens is 1. The third kappa shape index (κ3) is 4.09. The average molecular weight is 422 g/mol. The van der Waals surface area contributed by atoms with Crippen LogP contribution in [0.2, 0.25) is 5.02 Å². The highest BCUT2D eigenvalue weighted by atomic mass is 35.5. The fourth-order valence-electron chi connectivity index (χ4n) is 4.04. The minimum atomic E-state index is -0.0606. The lowest BCUT2D eigenvalue weighted by Gasteiger charge is -2.29. The Morgan fingerprint density at radius 1 is 1.03 bits per heavy atom. The van der Waals surface area contributed by atoms with E-state index in [2.05, 4.69) is 40.5 Å². The average Bonchev–Trinajstić information content (AvgIpc) is 2.80. The van der Waals surface area contributed by atoms with E-state index < -0.39 is 0 Å². The first-order valence-corrected chi connectivity index (χ1v) is 10.7. The third-order valence-electron chi connectivity index (χ3n) is 5.59. The number of hydrogen-bond donors (Lipinski definition) is 1. The molecule has 5 nitrogen and oxygen atoms in total. The number of ether oxygens (including phenoxy) is 2. The predicted octanol–water partition coefficient (Wildman–Crippen LogP) is 5.17. The molecule has 0 aliphatic carbocycles. The summed E-state index contributed by atoms with van der Waals surface area (Å²) in [6.45, 7) is 4.23. The Hall–Kier alpha value is -2.76. The van der Waals surface area contributed by atoms with E-state index in [9.17, 15) is 0 Å². The van der Waals surface area contributed by atoms with Crippen molar-refractivity contribution >= 4 is 23.1 Å². The standard InChI is InChI=1S/C24H24ClN3O2/c25-19-4-2-6-21(15-19)30-23-7-8-26-24-22(23)14-18(16-27-24)17-3-1-5-20(13-17)28-9-11-29-12-10-28/h1-6,13-16,23H,7-12H2,(H,26,27). The molecule has 1 fully saturated rings. The van der Waals surface area contributed by atoms with Gasteiger partial charge in [-0.3, -0.25) is 0 Å². The van der Waals surface area contributed by atoms with Crippen LogP contribution in [0.4, 0.5) is 11.5 Å². The molecule has 3 aromatic rings. The van der Waals surface area contributed by atoms with Crippen LogP contribution in [0, 0.1) is 0 Å². The smallest absolute Gasteiger partial charge is 0.132 e. The summed E-state index contributed by atoms with van der Waals surface area (Å²) in [6, 6.07) is 18.4. The molecule has 1 unspecified atom stereocenters. The van der Waals surface area contributed by atoms with Gasteiger partial charge in [0.05, 0.1) is 13.2 Å². The molecule has 1 saturated heterocycles. The number of pyridine rings is 1. The summed E-state index contributed by atoms with van der Waals surface area (Å²) in [4.78, 5) is 7.06. The van der Waals surface area contributed by atoms with Crippen LogP contribution in [0.15, 0.2) is 60.8 Å². The Morgan fingerprint density at radius 3 is 2.77 bits per heavy atom. The molecule has 0 radical (unpaired) electrons. The molecule has 2 aromatic carbocycles. The van der Waals surface area contributed by atoms with Gasteiger partial charge in [0.15, 0.2) is 0 Å². The van der Waals surface area contributed by atoms with Crippen molar-refractivity contribution in [3.63, 3.8) is 0 Å². The molecule has 0 bridgehead atoms. The molecule has 5 rings (SSSR count). The SMILES string of the molecule is Clc1cccc(OC2CCNc3ncc(-c4cccc(N5CCOCC5)c4)cc32)c1. The summed E-state index contributed by atoms with van der Waals surface area (Å²) >= 11 is 6.13. The largest absolute Gasteiger partial charge is 0.485 e. The van der Waals surface area contributed by atoms with Crippen LogP contribution in [0.1, 0.15) is 18.1 Å². The van der Waals surface area contributed by atoms with Crippen molar-refractivity contribution in [2.75, 3.05) is 43.1 Å². The predicted molar refractivity (Wildman–Crippen MR) is 121 cm³/mol. The first-order chi connectivity index (χ1) is 14.8. The molecule has 1 atom stereocenters. The van der Waals surface area contributed by atoms with E-state index in [0.29, 0.717) is 5.02 Å². The molecule has 0 saturated carbocycles. The number of fused-ring (bicyclic) bond motifs is 1. The normalized spacial score (nSPS) is 18.4. The highest BCUT2D eigenvalue weighted by Gasteiger charge is 2.24. The quantitative estimate of drug-likeness (QED) is 0.629. The minimum Gasteiger partial charge on any atom is -0.485 e. The van der Waals surface area contributed by atoms with Crippen molar-refractivity contribution in [3.05, 3.63) is 71.4 Å². The van der Waals surface area contributed by atoms with E-state index in [0.717, 1.165) is 67.5 Å². The van der Waals surface area contributed by atoms with E-state index in [1.807, 2.05) is 30.5 Å². The monoisotopic (exact) mass is 421 g/mol. The van der Waals surface area contributed by atoms with Crippen molar-refractivity contribution in [1.29, 1.82) is 0 Å². The van der Waals surface area contributed by atoms with Crippen molar-refractivity contribution < 1.29 is 9.47 Å². The lowest BCUT2D eigenvalue weighted by molar-refractivity contribution is 0.122. The third-order valence-corrected chi connectivity index (χ3v) is 5.83. The summed E-state index contributed by atoms with van der Waals surface area (Å²) in [5.74, 6) is 1.67. The van der Waals surface area contributed by atoms with E-state index in [-0.39, 0.29) is 6.10 Å². The number of nitrogens with one attached hydrogen (secondary N) is 1. The number of halogens is 1. The second-order valence-corrected chi connectivity index (χ2v) is 8.03. The van der Waals surface area contributed by atoms with E-state index in [1.165, 1.54) is 5.69 Å². The maximum atomic E-state index is 6.29. The van der Waals surface area contributed by atoms with Gasteiger partial charge < -0.3 is 19.7 Å². The Labute approximate surface area is 181 Å². The van der Waals surface area contributed by atoms with Gasteiger partial charge in [-0.05, 0) is 42.0 Å². The van der Waals surface area contributed by atoms with Gasteiger partial charge in [0.25, 0.3) is 0 Å². The van der Waals surface area contributed by atoms with E-state index >= 15 is 0 Å². The van der Waals surface area contributed by atoms with Gasteiger partial charge >= 0.3 is 0 Å². The number of benzene rings is 2. The number of nitrogens with zero attached hydrogens (tertiary/aromatic N) is 2. The molecule has 154 valence electrons. The molecule has 30 heavy (non-hydrogen) atoms. The van der Waals surface area contributed by atoms with Gasteiger partial charge in [-0.2, -0.15) is 0 Å². The lowest BCUT2D eigenvalue weighted by Crippen LogP contribution is -2.36. The maximum absolute atomic E-state index is 6.29. The molecule has 1 N–H and O–H groups in total. The highest BCUT2D eigenvalue weighted by molar-refractivity contribution is 6.30. The minimum absolute atomic E-state index is 0.0606. The lowest BCUT2D eigenvalue weighted by atomic mass is 9.98. The van der Waals surface area contributed by atoms with Crippen LogP contribution >= 0.6 is 11.6 Å². The number of anilines is 2. The first kappa shape index (κ1) is 19.2. The Bertz CT molecular complexity index is 1040. The number of hydrogen-bond acceptors (Lipinski definition) is 5. The Kier molecular flexibility index (Phi) is 5.47. The summed E-state index contributed by atoms with van der Waals surface area (Å²) in [5, 5.41) is 4.07. The van der Waals surface area contributed by atoms with Gasteiger partial charge in [-0.25, -0.2) is 4.98 Å². The second-order valence-electron chi connectivity index (χ2n) is 7.59. The fourth-order valence-corrected chi connectivity index (χ4v) is 4.22. The second kappa shape index (κ2) is 8.54. The van der Waals surface area contributed by atoms with Crippen LogP contribution in [-0.4, -0.2) is 37.8 Å². The van der Waals surface area contributed by atoms with Gasteiger partial charge in [0, 0.05) is 54.1 Å². The van der Waals surface area contributed by atoms with Crippen LogP contribution in [-0.2, 0) is 4.74 Å². The molecular formula is C24H24ClN3O2. The van der Waals surface area contributed by atoms with Gasteiger partial charge in [0.2, 0.25) is 0 Å². The molecule has 2 aliphatic heterocycles. The molecule has 6 heteroatoms. The Morgan fingerprint density at radius 2 is 1.90 bits per heavy atom. The van der Waals surface area contributed by atoms with Crippen LogP contribution < -0.4 is 15.0 Å². The molecule has 0 spiro atoms. The summed E-state index contributed by atoms with van der Waals surface area (Å²) in [6.07, 6.45) is 2.75. The molecule has 2 aliphatic rings. The van der Waals surface area contributed by atoms with Crippen LogP contribution in [0.25, 0.3) is 11.1 Å². The van der Waals surface area contributed by atoms with Crippen LogP contribution in [0.3, 0.4) is 0 Å². The molecule has 0 amide bonds. The van der Waals surface area contributed by atoms with Crippen molar-refractivity contribution in [1.82, 2.24) is 4.98 Å². The van der Waals surface area contributed by atoms with Gasteiger partial charge in [0.1, 0.15) is 17.7 Å². The topological polar surface area (TPSA) is 46.6 Å². The zero-order valence-corrected chi connectivity index (χ0v) is 17.4.